The van der Waals surface area contributed by atoms with Crippen molar-refractivity contribution in [2.24, 2.45) is 5.84 Å². The van der Waals surface area contributed by atoms with E-state index in [2.05, 4.69) is 0 Å². The van der Waals surface area contributed by atoms with Crippen LogP contribution in [0.25, 0.3) is 0 Å². The van der Waals surface area contributed by atoms with Gasteiger partial charge >= 0.3 is 0 Å². The molecule has 2 atom stereocenters. The lowest BCUT2D eigenvalue weighted by Crippen LogP contribution is -2.48. The lowest BCUT2D eigenvalue weighted by molar-refractivity contribution is -0.113. The zero-order valence-corrected chi connectivity index (χ0v) is 9.18. The fraction of sp³-hybridized carbons (Fsp3) is 0.714. The molecule has 2 unspecified atom stereocenters. The first kappa shape index (κ1) is 12.7. The molecule has 0 saturated heterocycles. The summed E-state index contributed by atoms with van der Waals surface area (Å²) < 4.78 is 0. The van der Waals surface area contributed by atoms with Gasteiger partial charge in [0.05, 0.1) is 0 Å². The molecule has 0 heterocycles. The monoisotopic (exact) mass is 204 g/mol. The molecule has 0 aliphatic carbocycles. The molecule has 0 amide bonds. The summed E-state index contributed by atoms with van der Waals surface area (Å²) in [6, 6.07) is -0.620. The number of hydrogen-bond acceptors (Lipinski definition) is 5. The highest BCUT2D eigenvalue weighted by atomic mass is 31.0. The zero-order valence-electron chi connectivity index (χ0n) is 8.03. The lowest BCUT2D eigenvalue weighted by atomic mass is 10.3. The van der Waals surface area contributed by atoms with Gasteiger partial charge in [0.2, 0.25) is 0 Å². The predicted octanol–water partition coefficient (Wildman–Crippen LogP) is -0.856. The van der Waals surface area contributed by atoms with Crippen molar-refractivity contribution in [3.8, 4) is 0 Å². The third-order valence-electron chi connectivity index (χ3n) is 1.61. The minimum absolute atomic E-state index is 0.184. The Labute approximate surface area is 80.9 Å². The zero-order chi connectivity index (χ0) is 10.4. The van der Waals surface area contributed by atoms with Crippen LogP contribution in [-0.4, -0.2) is 54.9 Å². The van der Waals surface area contributed by atoms with Crippen molar-refractivity contribution < 1.29 is 4.79 Å². The van der Waals surface area contributed by atoms with Gasteiger partial charge in [-0.1, -0.05) is 9.24 Å². The fourth-order valence-electron chi connectivity index (χ4n) is 0.796. The van der Waals surface area contributed by atoms with Crippen LogP contribution in [0.5, 0.6) is 0 Å². The Bertz CT molecular complexity index is 185. The summed E-state index contributed by atoms with van der Waals surface area (Å²) in [4.78, 5) is 12.9. The Hall–Kier alpha value is -0.350. The highest BCUT2D eigenvalue weighted by molar-refractivity contribution is 7.40. The standard InChI is InChI=1S/C7H17N4OP/c1-10(2)3-4-11(9)6(5-8)7(12)13/h5-6,8H,3-4,9,13H2,1-2H3. The van der Waals surface area contributed by atoms with Crippen molar-refractivity contribution in [1.29, 1.82) is 5.41 Å². The molecule has 0 aliphatic heterocycles. The van der Waals surface area contributed by atoms with Crippen LogP contribution in [0.2, 0.25) is 0 Å². The summed E-state index contributed by atoms with van der Waals surface area (Å²) in [7, 11) is 5.89. The Balaban J connectivity index is 3.98. The molecule has 5 nitrogen and oxygen atoms in total. The fourth-order valence-corrected chi connectivity index (χ4v) is 1.08. The SMILES string of the molecule is CN(C)CCN(N)C(C=N)C(=O)P. The van der Waals surface area contributed by atoms with Crippen molar-refractivity contribution in [3.05, 3.63) is 0 Å². The average molecular weight is 204 g/mol. The van der Waals surface area contributed by atoms with Crippen LogP contribution in [0, 0.1) is 5.41 Å². The molecular formula is C7H17N4OP. The Morgan fingerprint density at radius 3 is 2.46 bits per heavy atom. The number of carbonyl (C=O) groups excluding carboxylic acids is 1. The van der Waals surface area contributed by atoms with Gasteiger partial charge in [-0.05, 0) is 14.1 Å². The van der Waals surface area contributed by atoms with Gasteiger partial charge < -0.3 is 10.3 Å². The minimum Gasteiger partial charge on any atom is -0.311 e. The van der Waals surface area contributed by atoms with Gasteiger partial charge in [-0.15, -0.1) is 0 Å². The molecule has 0 aromatic carbocycles. The van der Waals surface area contributed by atoms with E-state index in [9.17, 15) is 4.79 Å². The molecule has 13 heavy (non-hydrogen) atoms. The van der Waals surface area contributed by atoms with Crippen LogP contribution in [0.15, 0.2) is 0 Å². The molecule has 0 bridgehead atoms. The van der Waals surface area contributed by atoms with Crippen LogP contribution >= 0.6 is 9.24 Å². The van der Waals surface area contributed by atoms with Crippen LogP contribution in [0.4, 0.5) is 0 Å². The number of hydrazine groups is 1. The molecule has 0 aliphatic rings. The second kappa shape index (κ2) is 6.16. The Morgan fingerprint density at radius 2 is 2.15 bits per heavy atom. The van der Waals surface area contributed by atoms with E-state index in [0.29, 0.717) is 6.54 Å². The Morgan fingerprint density at radius 1 is 1.62 bits per heavy atom. The first-order chi connectivity index (χ1) is 5.99. The lowest BCUT2D eigenvalue weighted by Gasteiger charge is -2.23. The van der Waals surface area contributed by atoms with E-state index >= 15 is 0 Å². The van der Waals surface area contributed by atoms with Crippen LogP contribution in [0.1, 0.15) is 0 Å². The highest BCUT2D eigenvalue weighted by Gasteiger charge is 2.17. The van der Waals surface area contributed by atoms with Gasteiger partial charge in [0.15, 0.2) is 5.52 Å². The molecule has 76 valence electrons. The molecule has 0 radical (unpaired) electrons. The normalized spacial score (nSPS) is 13.4. The summed E-state index contributed by atoms with van der Waals surface area (Å²) in [6.45, 7) is 1.33. The third-order valence-corrected chi connectivity index (χ3v) is 1.95. The van der Waals surface area contributed by atoms with E-state index in [1.165, 1.54) is 5.01 Å². The molecule has 0 fully saturated rings. The third kappa shape index (κ3) is 5.05. The Kier molecular flexibility index (Phi) is 5.99. The number of hydrogen-bond donors (Lipinski definition) is 2. The number of rotatable bonds is 6. The number of nitrogens with zero attached hydrogens (tertiary/aromatic N) is 2. The second-order valence-electron chi connectivity index (χ2n) is 3.05. The predicted molar refractivity (Wildman–Crippen MR) is 56.7 cm³/mol. The van der Waals surface area contributed by atoms with Crippen LogP contribution in [0.3, 0.4) is 0 Å². The molecule has 0 saturated carbocycles. The summed E-state index contributed by atoms with van der Waals surface area (Å²) in [5.41, 5.74) is -0.184. The van der Waals surface area contributed by atoms with Crippen LogP contribution < -0.4 is 5.84 Å². The van der Waals surface area contributed by atoms with E-state index < -0.39 is 6.04 Å². The van der Waals surface area contributed by atoms with E-state index in [4.69, 9.17) is 11.3 Å². The van der Waals surface area contributed by atoms with Gasteiger partial charge in [0.1, 0.15) is 6.04 Å². The topological polar surface area (TPSA) is 73.4 Å². The van der Waals surface area contributed by atoms with Gasteiger partial charge in [-0.25, -0.2) is 5.01 Å². The average Bonchev–Trinajstić information content (AvgIpc) is 2.01. The molecule has 0 aromatic rings. The molecule has 0 aromatic heterocycles. The molecule has 6 heteroatoms. The van der Waals surface area contributed by atoms with E-state index in [0.717, 1.165) is 12.8 Å². The molecule has 0 rings (SSSR count). The summed E-state index contributed by atoms with van der Waals surface area (Å²) in [5, 5.41) is 8.38. The highest BCUT2D eigenvalue weighted by Crippen LogP contribution is 1.98. The molecular weight excluding hydrogens is 187 g/mol. The number of nitrogens with two attached hydrogens (primary N) is 1. The maximum atomic E-state index is 10.9. The van der Waals surface area contributed by atoms with E-state index in [1.807, 2.05) is 28.2 Å². The van der Waals surface area contributed by atoms with E-state index in [1.54, 1.807) is 0 Å². The first-order valence-electron chi connectivity index (χ1n) is 3.95. The van der Waals surface area contributed by atoms with Crippen LogP contribution in [-0.2, 0) is 4.79 Å². The van der Waals surface area contributed by atoms with E-state index in [-0.39, 0.29) is 5.52 Å². The second-order valence-corrected chi connectivity index (χ2v) is 3.62. The van der Waals surface area contributed by atoms with Gasteiger partial charge in [0.25, 0.3) is 0 Å². The summed E-state index contributed by atoms with van der Waals surface area (Å²) >= 11 is 0. The smallest absolute Gasteiger partial charge is 0.172 e. The summed E-state index contributed by atoms with van der Waals surface area (Å²) in [5.74, 6) is 5.60. The number of carbonyl (C=O) groups is 1. The van der Waals surface area contributed by atoms with Crippen molar-refractivity contribution in [2.75, 3.05) is 27.2 Å². The number of nitrogens with one attached hydrogen (secondary N) is 1. The van der Waals surface area contributed by atoms with Crippen molar-refractivity contribution in [1.82, 2.24) is 9.91 Å². The maximum absolute atomic E-state index is 10.9. The van der Waals surface area contributed by atoms with Gasteiger partial charge in [-0.3, -0.25) is 10.6 Å². The molecule has 0 spiro atoms. The quantitative estimate of drug-likeness (QED) is 0.256. The maximum Gasteiger partial charge on any atom is 0.172 e. The largest absolute Gasteiger partial charge is 0.311 e. The van der Waals surface area contributed by atoms with Gasteiger partial charge in [0, 0.05) is 19.3 Å². The molecule has 3 N–H and O–H groups in total. The summed E-state index contributed by atoms with van der Waals surface area (Å²) in [6.07, 6.45) is 1.05. The number of likely N-dealkylation sites (N-methyl/N-ethyl adjacent to an activating group) is 1. The van der Waals surface area contributed by atoms with Crippen molar-refractivity contribution in [2.45, 2.75) is 6.04 Å². The van der Waals surface area contributed by atoms with Gasteiger partial charge in [-0.2, -0.15) is 0 Å². The minimum atomic E-state index is -0.620. The first-order valence-corrected chi connectivity index (χ1v) is 4.52. The van der Waals surface area contributed by atoms with Crippen molar-refractivity contribution in [3.63, 3.8) is 0 Å². The van der Waals surface area contributed by atoms with Crippen molar-refractivity contribution >= 4 is 21.0 Å².